The monoisotopic (exact) mass is 649 g/mol. The van der Waals surface area contributed by atoms with Gasteiger partial charge in [-0.05, 0) is 79.4 Å². The largest absolute Gasteiger partial charge is 0.494 e. The van der Waals surface area contributed by atoms with Gasteiger partial charge in [-0.15, -0.1) is 0 Å². The Kier molecular flexibility index (Phi) is 9.22. The van der Waals surface area contributed by atoms with Crippen molar-refractivity contribution < 1.29 is 18.8 Å². The number of rotatable bonds is 10. The number of hydroxylamine groups is 1. The van der Waals surface area contributed by atoms with Gasteiger partial charge in [0.2, 0.25) is 5.91 Å². The molecule has 1 unspecified atom stereocenters. The topological polar surface area (TPSA) is 95.1 Å². The van der Waals surface area contributed by atoms with Crippen LogP contribution in [0.1, 0.15) is 37.3 Å². The van der Waals surface area contributed by atoms with E-state index in [0.29, 0.717) is 41.4 Å². The Morgan fingerprint density at radius 1 is 0.979 bits per heavy atom. The Morgan fingerprint density at radius 3 is 2.50 bits per heavy atom. The Bertz CT molecular complexity index is 1790. The number of ether oxygens (including phenoxy) is 1. The van der Waals surface area contributed by atoms with E-state index in [9.17, 15) is 9.18 Å². The Hall–Kier alpha value is -5.00. The molecule has 10 nitrogen and oxygen atoms in total. The zero-order valence-electron chi connectivity index (χ0n) is 27.1. The minimum Gasteiger partial charge on any atom is -0.494 e. The lowest BCUT2D eigenvalue weighted by molar-refractivity contribution is -0.111. The second-order valence-corrected chi connectivity index (χ2v) is 12.4. The number of nitrogens with zero attached hydrogens (tertiary/aromatic N) is 5. The third-order valence-corrected chi connectivity index (χ3v) is 9.45. The van der Waals surface area contributed by atoms with Gasteiger partial charge >= 0.3 is 0 Å². The van der Waals surface area contributed by atoms with E-state index in [1.807, 2.05) is 36.4 Å². The number of methoxy groups -OCH3 is 1. The average molecular weight is 650 g/mol. The van der Waals surface area contributed by atoms with Gasteiger partial charge in [0.25, 0.3) is 0 Å². The third-order valence-electron chi connectivity index (χ3n) is 9.45. The molecule has 0 spiro atoms. The van der Waals surface area contributed by atoms with Gasteiger partial charge in [-0.25, -0.2) is 19.4 Å². The number of benzene rings is 3. The molecule has 0 saturated carbocycles. The predicted molar refractivity (Wildman–Crippen MR) is 186 cm³/mol. The smallest absolute Gasteiger partial charge is 0.247 e. The quantitative estimate of drug-likeness (QED) is 0.182. The molecule has 248 valence electrons. The van der Waals surface area contributed by atoms with Gasteiger partial charge < -0.3 is 25.2 Å². The summed E-state index contributed by atoms with van der Waals surface area (Å²) in [4.78, 5) is 32.5. The predicted octanol–water partition coefficient (Wildman–Crippen LogP) is 6.72. The molecule has 48 heavy (non-hydrogen) atoms. The van der Waals surface area contributed by atoms with E-state index in [4.69, 9.17) is 9.57 Å². The number of hydrogen-bond donors (Lipinski definition) is 2. The summed E-state index contributed by atoms with van der Waals surface area (Å²) >= 11 is 0. The highest BCUT2D eigenvalue weighted by atomic mass is 19.1. The van der Waals surface area contributed by atoms with Crippen LogP contribution in [0.5, 0.6) is 5.75 Å². The van der Waals surface area contributed by atoms with Crippen LogP contribution in [-0.2, 0) is 9.63 Å². The maximum atomic E-state index is 13.9. The van der Waals surface area contributed by atoms with Crippen LogP contribution in [0.2, 0.25) is 0 Å². The fraction of sp³-hybridized carbons (Fsp3) is 0.324. The van der Waals surface area contributed by atoms with Crippen molar-refractivity contribution >= 4 is 34.6 Å². The van der Waals surface area contributed by atoms with Crippen LogP contribution >= 0.6 is 0 Å². The SMILES string of the molecule is C=CC(=O)Nc1cc(Nc2cc(N3OCCC3c3cccc(-c4cccc(F)c4)c3)ncn2)c(OC)cc1N1CCC(N2CCC2)CC1. The zero-order valence-corrected chi connectivity index (χ0v) is 27.1. The Morgan fingerprint density at radius 2 is 1.77 bits per heavy atom. The fourth-order valence-electron chi connectivity index (χ4n) is 6.82. The van der Waals surface area contributed by atoms with E-state index in [-0.39, 0.29) is 17.8 Å². The standard InChI is InChI=1S/C37H40FN7O3/c1-3-37(46)42-30-21-31(34(47-2)22-33(30)44-16-11-29(12-17-44)43-14-6-15-43)41-35-23-36(40-24-39-35)45-32(13-18-48-45)27-9-4-7-25(19-27)26-8-5-10-28(38)20-26/h3-5,7-10,19-24,29,32H,1,6,11-18H2,2H3,(H,42,46)(H,39,40,41). The Labute approximate surface area is 280 Å². The normalized spacial score (nSPS) is 18.3. The van der Waals surface area contributed by atoms with Crippen molar-refractivity contribution in [2.24, 2.45) is 0 Å². The summed E-state index contributed by atoms with van der Waals surface area (Å²) in [5.74, 6) is 1.19. The van der Waals surface area contributed by atoms with Crippen molar-refractivity contribution in [2.75, 3.05) is 60.5 Å². The van der Waals surface area contributed by atoms with E-state index in [2.05, 4.69) is 49.1 Å². The average Bonchev–Trinajstić information content (AvgIpc) is 3.59. The van der Waals surface area contributed by atoms with Crippen molar-refractivity contribution in [3.63, 3.8) is 0 Å². The van der Waals surface area contributed by atoms with E-state index < -0.39 is 0 Å². The van der Waals surface area contributed by atoms with Crippen molar-refractivity contribution in [2.45, 2.75) is 37.8 Å². The van der Waals surface area contributed by atoms with Crippen LogP contribution in [-0.4, -0.2) is 66.7 Å². The second-order valence-electron chi connectivity index (χ2n) is 12.4. The molecule has 0 bridgehead atoms. The number of aromatic nitrogens is 2. The molecular formula is C37H40FN7O3. The number of halogens is 1. The molecular weight excluding hydrogens is 609 g/mol. The molecule has 1 aromatic heterocycles. The lowest BCUT2D eigenvalue weighted by Gasteiger charge is -2.43. The van der Waals surface area contributed by atoms with E-state index >= 15 is 0 Å². The maximum absolute atomic E-state index is 13.9. The lowest BCUT2D eigenvalue weighted by atomic mass is 9.98. The number of nitrogens with one attached hydrogen (secondary N) is 2. The van der Waals surface area contributed by atoms with Crippen LogP contribution in [0, 0.1) is 5.82 Å². The molecule has 3 aliphatic heterocycles. The number of carbonyl (C=O) groups is 1. The van der Waals surface area contributed by atoms with Crippen molar-refractivity contribution in [3.8, 4) is 16.9 Å². The molecule has 1 amide bonds. The number of anilines is 5. The summed E-state index contributed by atoms with van der Waals surface area (Å²) in [5, 5.41) is 8.19. The fourth-order valence-corrected chi connectivity index (χ4v) is 6.82. The van der Waals surface area contributed by atoms with Crippen LogP contribution in [0.25, 0.3) is 11.1 Å². The highest BCUT2D eigenvalue weighted by molar-refractivity contribution is 6.02. The highest BCUT2D eigenvalue weighted by Gasteiger charge is 2.31. The van der Waals surface area contributed by atoms with Gasteiger partial charge in [0.15, 0.2) is 5.82 Å². The highest BCUT2D eigenvalue weighted by Crippen LogP contribution is 2.41. The first-order chi connectivity index (χ1) is 23.5. The Balaban J connectivity index is 1.13. The summed E-state index contributed by atoms with van der Waals surface area (Å²) in [5.41, 5.74) is 5.00. The minimum absolute atomic E-state index is 0.0963. The molecule has 4 aromatic rings. The molecule has 7 rings (SSSR count). The molecule has 3 saturated heterocycles. The van der Waals surface area contributed by atoms with Gasteiger partial charge in [0, 0.05) is 37.7 Å². The molecule has 1 atom stereocenters. The van der Waals surface area contributed by atoms with Crippen molar-refractivity contribution in [1.82, 2.24) is 14.9 Å². The molecule has 4 heterocycles. The molecule has 11 heteroatoms. The number of piperidine rings is 1. The molecule has 2 N–H and O–H groups in total. The molecule has 0 aliphatic carbocycles. The summed E-state index contributed by atoms with van der Waals surface area (Å²) < 4.78 is 19.8. The van der Waals surface area contributed by atoms with Gasteiger partial charge in [0.1, 0.15) is 23.7 Å². The maximum Gasteiger partial charge on any atom is 0.247 e. The van der Waals surface area contributed by atoms with E-state index in [0.717, 1.165) is 54.7 Å². The zero-order chi connectivity index (χ0) is 33.0. The number of amides is 1. The first-order valence-electron chi connectivity index (χ1n) is 16.5. The van der Waals surface area contributed by atoms with Gasteiger partial charge in [-0.3, -0.25) is 9.63 Å². The van der Waals surface area contributed by atoms with Gasteiger partial charge in [0.05, 0.1) is 36.8 Å². The van der Waals surface area contributed by atoms with Crippen LogP contribution in [0.15, 0.2) is 85.7 Å². The van der Waals surface area contributed by atoms with Crippen LogP contribution in [0.4, 0.5) is 33.1 Å². The molecule has 0 radical (unpaired) electrons. The first kappa shape index (κ1) is 31.6. The second kappa shape index (κ2) is 14.0. The molecule has 3 fully saturated rings. The molecule has 3 aliphatic rings. The summed E-state index contributed by atoms with van der Waals surface area (Å²) in [6.07, 6.45) is 6.97. The number of carbonyl (C=O) groups excluding carboxylic acids is 1. The van der Waals surface area contributed by atoms with Crippen molar-refractivity contribution in [3.05, 3.63) is 97.1 Å². The third kappa shape index (κ3) is 6.69. The lowest BCUT2D eigenvalue weighted by Crippen LogP contribution is -2.50. The van der Waals surface area contributed by atoms with Gasteiger partial charge in [-0.2, -0.15) is 0 Å². The first-order valence-corrected chi connectivity index (χ1v) is 16.5. The number of likely N-dealkylation sites (tertiary alicyclic amines) is 1. The van der Waals surface area contributed by atoms with Crippen LogP contribution in [0.3, 0.4) is 0 Å². The summed E-state index contributed by atoms with van der Waals surface area (Å²) in [6, 6.07) is 20.9. The number of hydrogen-bond acceptors (Lipinski definition) is 9. The minimum atomic E-state index is -0.286. The van der Waals surface area contributed by atoms with Gasteiger partial charge in [-0.1, -0.05) is 36.9 Å². The van der Waals surface area contributed by atoms with Crippen molar-refractivity contribution in [1.29, 1.82) is 0 Å². The van der Waals surface area contributed by atoms with E-state index in [1.165, 1.54) is 44.0 Å². The molecule has 3 aromatic carbocycles. The summed E-state index contributed by atoms with van der Waals surface area (Å²) in [7, 11) is 1.63. The van der Waals surface area contributed by atoms with Crippen LogP contribution < -0.4 is 25.3 Å². The summed E-state index contributed by atoms with van der Waals surface area (Å²) in [6.45, 7) is 8.35. The van der Waals surface area contributed by atoms with E-state index in [1.54, 1.807) is 18.2 Å².